The smallest absolute Gasteiger partial charge is 0.332 e. The minimum absolute atomic E-state index is 0.329. The lowest BCUT2D eigenvalue weighted by Crippen LogP contribution is -2.37. The van der Waals surface area contributed by atoms with Crippen LogP contribution in [0.1, 0.15) is 37.7 Å². The molecule has 148 valence electrons. The summed E-state index contributed by atoms with van der Waals surface area (Å²) < 4.78 is 4.45. The van der Waals surface area contributed by atoms with Crippen LogP contribution in [0.4, 0.5) is 5.95 Å². The first-order chi connectivity index (χ1) is 13.5. The van der Waals surface area contributed by atoms with Crippen LogP contribution in [-0.4, -0.2) is 24.7 Å². The Bertz CT molecular complexity index is 1120. The van der Waals surface area contributed by atoms with Gasteiger partial charge in [0.15, 0.2) is 11.2 Å². The highest BCUT2D eigenvalue weighted by molar-refractivity contribution is 6.30. The van der Waals surface area contributed by atoms with Gasteiger partial charge in [0.05, 0.1) is 6.54 Å². The molecule has 3 aromatic rings. The van der Waals surface area contributed by atoms with Gasteiger partial charge >= 0.3 is 5.69 Å². The molecule has 0 unspecified atom stereocenters. The Morgan fingerprint density at radius 1 is 1.07 bits per heavy atom. The second kappa shape index (κ2) is 7.47. The van der Waals surface area contributed by atoms with E-state index in [0.717, 1.165) is 23.0 Å². The van der Waals surface area contributed by atoms with Gasteiger partial charge in [-0.25, -0.2) is 4.79 Å². The number of nitrogens with one attached hydrogen (secondary N) is 1. The Morgan fingerprint density at radius 3 is 2.43 bits per heavy atom. The minimum atomic E-state index is -0.377. The van der Waals surface area contributed by atoms with E-state index in [4.69, 9.17) is 11.6 Å². The van der Waals surface area contributed by atoms with E-state index in [9.17, 15) is 9.59 Å². The summed E-state index contributed by atoms with van der Waals surface area (Å²) in [6.45, 7) is 0.468. The molecule has 0 amide bonds. The van der Waals surface area contributed by atoms with Gasteiger partial charge in [-0.05, 0) is 30.5 Å². The highest BCUT2D eigenvalue weighted by Gasteiger charge is 2.22. The van der Waals surface area contributed by atoms with E-state index in [1.165, 1.54) is 30.9 Å². The van der Waals surface area contributed by atoms with Crippen LogP contribution in [0.2, 0.25) is 5.02 Å². The fourth-order valence-corrected chi connectivity index (χ4v) is 4.04. The van der Waals surface area contributed by atoms with Crippen molar-refractivity contribution in [3.8, 4) is 0 Å². The van der Waals surface area contributed by atoms with E-state index < -0.39 is 0 Å². The Labute approximate surface area is 167 Å². The quantitative estimate of drug-likeness (QED) is 0.729. The van der Waals surface area contributed by atoms with Crippen LogP contribution in [0.25, 0.3) is 11.2 Å². The highest BCUT2D eigenvalue weighted by atomic mass is 35.5. The molecule has 1 N–H and O–H groups in total. The van der Waals surface area contributed by atoms with Crippen LogP contribution in [0.15, 0.2) is 33.9 Å². The molecule has 0 aliphatic heterocycles. The van der Waals surface area contributed by atoms with Gasteiger partial charge in [0.1, 0.15) is 0 Å². The Kier molecular flexibility index (Phi) is 5.02. The van der Waals surface area contributed by atoms with Gasteiger partial charge in [-0.2, -0.15) is 4.98 Å². The average Bonchev–Trinajstić information content (AvgIpc) is 3.05. The number of imidazole rings is 1. The fraction of sp³-hybridized carbons (Fsp3) is 0.450. The molecule has 1 aromatic carbocycles. The van der Waals surface area contributed by atoms with Crippen molar-refractivity contribution in [2.45, 2.75) is 44.7 Å². The number of anilines is 1. The van der Waals surface area contributed by atoms with Gasteiger partial charge in [0.2, 0.25) is 5.95 Å². The molecule has 28 heavy (non-hydrogen) atoms. The SMILES string of the molecule is Cn1c(=O)c2c(nc(NC3CCCCC3)n2Cc2ccc(Cl)cc2)n(C)c1=O. The maximum absolute atomic E-state index is 12.9. The zero-order valence-electron chi connectivity index (χ0n) is 16.1. The molecule has 7 nitrogen and oxygen atoms in total. The predicted octanol–water partition coefficient (Wildman–Crippen LogP) is 2.88. The molecule has 0 atom stereocenters. The molecule has 2 heterocycles. The molecule has 0 bridgehead atoms. The molecule has 1 saturated carbocycles. The molecule has 1 aliphatic rings. The van der Waals surface area contributed by atoms with Gasteiger partial charge in [0.25, 0.3) is 5.56 Å². The molecular formula is C20H24ClN5O2. The van der Waals surface area contributed by atoms with E-state index in [2.05, 4.69) is 10.3 Å². The molecular weight excluding hydrogens is 378 g/mol. The first kappa shape index (κ1) is 18.8. The zero-order chi connectivity index (χ0) is 19.8. The predicted molar refractivity (Wildman–Crippen MR) is 111 cm³/mol. The van der Waals surface area contributed by atoms with Crippen LogP contribution >= 0.6 is 11.6 Å². The summed E-state index contributed by atoms with van der Waals surface area (Å²) in [5.41, 5.74) is 1.12. The summed E-state index contributed by atoms with van der Waals surface area (Å²) in [6, 6.07) is 7.86. The molecule has 0 saturated heterocycles. The fourth-order valence-electron chi connectivity index (χ4n) is 3.91. The van der Waals surface area contributed by atoms with Crippen LogP contribution < -0.4 is 16.6 Å². The molecule has 8 heteroatoms. The first-order valence-corrected chi connectivity index (χ1v) is 10.0. The Morgan fingerprint density at radius 2 is 1.75 bits per heavy atom. The number of hydrogen-bond acceptors (Lipinski definition) is 4. The maximum Gasteiger partial charge on any atom is 0.332 e. The van der Waals surface area contributed by atoms with Gasteiger partial charge in [-0.3, -0.25) is 18.5 Å². The van der Waals surface area contributed by atoms with Crippen LogP contribution in [0.3, 0.4) is 0 Å². The lowest BCUT2D eigenvalue weighted by molar-refractivity contribution is 0.459. The molecule has 1 fully saturated rings. The normalized spacial score (nSPS) is 15.2. The van der Waals surface area contributed by atoms with E-state index in [-0.39, 0.29) is 11.2 Å². The third-order valence-corrected chi connectivity index (χ3v) is 5.79. The molecule has 2 aromatic heterocycles. The van der Waals surface area contributed by atoms with Crippen LogP contribution in [-0.2, 0) is 20.6 Å². The van der Waals surface area contributed by atoms with E-state index in [1.807, 2.05) is 28.8 Å². The topological polar surface area (TPSA) is 73.8 Å². The Balaban J connectivity index is 1.87. The largest absolute Gasteiger partial charge is 0.353 e. The van der Waals surface area contributed by atoms with E-state index in [1.54, 1.807) is 7.05 Å². The monoisotopic (exact) mass is 401 g/mol. The molecule has 1 aliphatic carbocycles. The number of rotatable bonds is 4. The first-order valence-electron chi connectivity index (χ1n) is 9.63. The van der Waals surface area contributed by atoms with Crippen molar-refractivity contribution in [1.29, 1.82) is 0 Å². The third kappa shape index (κ3) is 3.35. The summed E-state index contributed by atoms with van der Waals surface area (Å²) in [5.74, 6) is 0.634. The van der Waals surface area contributed by atoms with Gasteiger partial charge < -0.3 is 5.32 Å². The van der Waals surface area contributed by atoms with Crippen molar-refractivity contribution in [2.75, 3.05) is 5.32 Å². The highest BCUT2D eigenvalue weighted by Crippen LogP contribution is 2.24. The standard InChI is InChI=1S/C20H24ClN5O2/c1-24-17-16(18(27)25(2)20(24)28)26(12-13-8-10-14(21)11-9-13)19(23-17)22-15-6-4-3-5-7-15/h8-11,15H,3-7,12H2,1-2H3,(H,22,23). The number of benzene rings is 1. The maximum atomic E-state index is 12.9. The van der Waals surface area contributed by atoms with Gasteiger partial charge in [-0.1, -0.05) is 43.0 Å². The zero-order valence-corrected chi connectivity index (χ0v) is 16.9. The summed E-state index contributed by atoms with van der Waals surface area (Å²) in [7, 11) is 3.14. The lowest BCUT2D eigenvalue weighted by atomic mass is 9.96. The summed E-state index contributed by atoms with van der Waals surface area (Å²) in [6.07, 6.45) is 5.81. The van der Waals surface area contributed by atoms with Crippen molar-refractivity contribution in [1.82, 2.24) is 18.7 Å². The van der Waals surface area contributed by atoms with Crippen LogP contribution in [0.5, 0.6) is 0 Å². The van der Waals surface area contributed by atoms with Crippen molar-refractivity contribution < 1.29 is 0 Å². The second-order valence-corrected chi connectivity index (χ2v) is 7.94. The second-order valence-electron chi connectivity index (χ2n) is 7.51. The summed E-state index contributed by atoms with van der Waals surface area (Å²) >= 11 is 6.01. The Hall–Kier alpha value is -2.54. The van der Waals surface area contributed by atoms with Crippen molar-refractivity contribution in [3.63, 3.8) is 0 Å². The number of aryl methyl sites for hydroxylation is 1. The van der Waals surface area contributed by atoms with Crippen molar-refractivity contribution in [3.05, 3.63) is 55.7 Å². The molecule has 0 radical (unpaired) electrons. The lowest BCUT2D eigenvalue weighted by Gasteiger charge is -2.23. The summed E-state index contributed by atoms with van der Waals surface area (Å²) in [4.78, 5) is 29.9. The number of nitrogens with zero attached hydrogens (tertiary/aromatic N) is 4. The van der Waals surface area contributed by atoms with Gasteiger partial charge in [0, 0.05) is 25.2 Å². The summed E-state index contributed by atoms with van der Waals surface area (Å²) in [5, 5.41) is 4.19. The molecule has 0 spiro atoms. The minimum Gasteiger partial charge on any atom is -0.353 e. The van der Waals surface area contributed by atoms with E-state index >= 15 is 0 Å². The molecule has 4 rings (SSSR count). The number of fused-ring (bicyclic) bond motifs is 1. The van der Waals surface area contributed by atoms with Crippen LogP contribution in [0, 0.1) is 0 Å². The van der Waals surface area contributed by atoms with Crippen molar-refractivity contribution >= 4 is 28.7 Å². The third-order valence-electron chi connectivity index (χ3n) is 5.54. The number of hydrogen-bond donors (Lipinski definition) is 1. The van der Waals surface area contributed by atoms with Crippen molar-refractivity contribution in [2.24, 2.45) is 14.1 Å². The number of halogens is 1. The average molecular weight is 402 g/mol. The van der Waals surface area contributed by atoms with Gasteiger partial charge in [-0.15, -0.1) is 0 Å². The van der Waals surface area contributed by atoms with E-state index in [0.29, 0.717) is 34.7 Å². The number of aromatic nitrogens is 4.